The van der Waals surface area contributed by atoms with Crippen molar-refractivity contribution in [3.05, 3.63) is 53.6 Å². The first-order valence-corrected chi connectivity index (χ1v) is 14.0. The van der Waals surface area contributed by atoms with Crippen LogP contribution in [0.2, 0.25) is 0 Å². The number of fused-ring (bicyclic) bond motifs is 2. The Morgan fingerprint density at radius 3 is 1.71 bits per heavy atom. The third-order valence-corrected chi connectivity index (χ3v) is 7.69. The lowest BCUT2D eigenvalue weighted by atomic mass is 9.96. The van der Waals surface area contributed by atoms with Crippen molar-refractivity contribution in [1.29, 1.82) is 0 Å². The van der Waals surface area contributed by atoms with E-state index in [1.807, 2.05) is 0 Å². The standard InChI is InChI=1S/C32H45NO/c1-26-17-15-19-28-25-29-20-16-18-27(2)31(29)32(30(26)28)34-24-14-10-8-6-4-3-5-7-9-11-21-33-22-12-13-23-33/h15-20,25H,3-14,21-24H2,1-2H3. The van der Waals surface area contributed by atoms with Gasteiger partial charge in [-0.05, 0) is 87.1 Å². The Labute approximate surface area is 207 Å². The third kappa shape index (κ3) is 6.75. The van der Waals surface area contributed by atoms with Gasteiger partial charge < -0.3 is 9.64 Å². The van der Waals surface area contributed by atoms with Crippen LogP contribution in [0.4, 0.5) is 0 Å². The molecule has 0 unspecified atom stereocenters. The highest BCUT2D eigenvalue weighted by molar-refractivity contribution is 6.07. The molecular formula is C32H45NO. The summed E-state index contributed by atoms with van der Waals surface area (Å²) in [4.78, 5) is 2.65. The summed E-state index contributed by atoms with van der Waals surface area (Å²) in [6.45, 7) is 9.26. The first-order chi connectivity index (χ1) is 16.7. The van der Waals surface area contributed by atoms with Crippen LogP contribution in [0.3, 0.4) is 0 Å². The minimum Gasteiger partial charge on any atom is -0.492 e. The normalized spacial score (nSPS) is 14.4. The molecule has 2 heteroatoms. The molecule has 2 nitrogen and oxygen atoms in total. The Morgan fingerprint density at radius 2 is 1.15 bits per heavy atom. The Hall–Kier alpha value is -2.06. The molecule has 184 valence electrons. The molecule has 1 heterocycles. The average molecular weight is 460 g/mol. The third-order valence-electron chi connectivity index (χ3n) is 7.69. The molecule has 0 atom stereocenters. The highest BCUT2D eigenvalue weighted by Gasteiger charge is 2.13. The fourth-order valence-corrected chi connectivity index (χ4v) is 5.71. The molecule has 0 amide bonds. The molecule has 0 bridgehead atoms. The van der Waals surface area contributed by atoms with Gasteiger partial charge >= 0.3 is 0 Å². The number of likely N-dealkylation sites (tertiary alicyclic amines) is 1. The molecule has 0 aliphatic carbocycles. The van der Waals surface area contributed by atoms with E-state index < -0.39 is 0 Å². The van der Waals surface area contributed by atoms with E-state index in [1.165, 1.54) is 123 Å². The van der Waals surface area contributed by atoms with Gasteiger partial charge in [-0.25, -0.2) is 0 Å². The Bertz CT molecular complexity index is 974. The lowest BCUT2D eigenvalue weighted by molar-refractivity contribution is 0.310. The van der Waals surface area contributed by atoms with Gasteiger partial charge in [-0.3, -0.25) is 0 Å². The molecule has 1 fully saturated rings. The van der Waals surface area contributed by atoms with E-state index in [1.54, 1.807) is 0 Å². The SMILES string of the molecule is Cc1cccc2cc3cccc(C)c3c(OCCCCCCCCCCCCN3CCCC3)c12. The summed E-state index contributed by atoms with van der Waals surface area (Å²) in [7, 11) is 0. The fourth-order valence-electron chi connectivity index (χ4n) is 5.71. The van der Waals surface area contributed by atoms with Gasteiger partial charge in [0.1, 0.15) is 5.75 Å². The van der Waals surface area contributed by atoms with E-state index in [0.717, 1.165) is 18.8 Å². The quantitative estimate of drug-likeness (QED) is 0.176. The van der Waals surface area contributed by atoms with Crippen molar-refractivity contribution in [2.45, 2.75) is 90.9 Å². The molecule has 0 aromatic heterocycles. The molecule has 3 aromatic rings. The monoisotopic (exact) mass is 459 g/mol. The van der Waals surface area contributed by atoms with Crippen LogP contribution in [-0.2, 0) is 0 Å². The van der Waals surface area contributed by atoms with Crippen molar-refractivity contribution >= 4 is 21.5 Å². The first-order valence-electron chi connectivity index (χ1n) is 14.0. The highest BCUT2D eigenvalue weighted by Crippen LogP contribution is 2.38. The lowest BCUT2D eigenvalue weighted by Crippen LogP contribution is -2.20. The Balaban J connectivity index is 1.14. The highest BCUT2D eigenvalue weighted by atomic mass is 16.5. The van der Waals surface area contributed by atoms with E-state index in [-0.39, 0.29) is 0 Å². The van der Waals surface area contributed by atoms with Crippen molar-refractivity contribution in [1.82, 2.24) is 4.90 Å². The number of unbranched alkanes of at least 4 members (excludes halogenated alkanes) is 9. The number of ether oxygens (including phenoxy) is 1. The molecule has 1 aliphatic heterocycles. The summed E-state index contributed by atoms with van der Waals surface area (Å²) >= 11 is 0. The molecule has 0 N–H and O–H groups in total. The zero-order valence-electron chi connectivity index (χ0n) is 21.7. The Kier molecular flexibility index (Phi) is 9.68. The summed E-state index contributed by atoms with van der Waals surface area (Å²) < 4.78 is 6.51. The van der Waals surface area contributed by atoms with Gasteiger partial charge in [0.25, 0.3) is 0 Å². The van der Waals surface area contributed by atoms with Crippen LogP contribution < -0.4 is 4.74 Å². The molecule has 0 saturated carbocycles. The minimum atomic E-state index is 0.813. The maximum atomic E-state index is 6.51. The molecule has 0 spiro atoms. The molecule has 3 aromatic carbocycles. The lowest BCUT2D eigenvalue weighted by Gasteiger charge is -2.16. The predicted molar refractivity (Wildman–Crippen MR) is 148 cm³/mol. The number of hydrogen-bond donors (Lipinski definition) is 0. The van der Waals surface area contributed by atoms with E-state index >= 15 is 0 Å². The molecule has 34 heavy (non-hydrogen) atoms. The van der Waals surface area contributed by atoms with Gasteiger partial charge in [0, 0.05) is 10.8 Å². The topological polar surface area (TPSA) is 12.5 Å². The van der Waals surface area contributed by atoms with Crippen LogP contribution in [0.1, 0.15) is 88.2 Å². The van der Waals surface area contributed by atoms with Crippen LogP contribution in [0.5, 0.6) is 5.75 Å². The number of benzene rings is 3. The second kappa shape index (κ2) is 13.1. The van der Waals surface area contributed by atoms with Crippen LogP contribution >= 0.6 is 0 Å². The van der Waals surface area contributed by atoms with Gasteiger partial charge in [0.2, 0.25) is 0 Å². The first kappa shape index (κ1) is 25.0. The van der Waals surface area contributed by atoms with Gasteiger partial charge in [0.05, 0.1) is 6.61 Å². The fraction of sp³-hybridized carbons (Fsp3) is 0.562. The zero-order chi connectivity index (χ0) is 23.6. The van der Waals surface area contributed by atoms with Crippen LogP contribution in [0.25, 0.3) is 21.5 Å². The smallest absolute Gasteiger partial charge is 0.135 e. The van der Waals surface area contributed by atoms with E-state index in [4.69, 9.17) is 4.74 Å². The molecule has 4 rings (SSSR count). The number of hydrogen-bond acceptors (Lipinski definition) is 2. The summed E-state index contributed by atoms with van der Waals surface area (Å²) in [6, 6.07) is 15.4. The zero-order valence-corrected chi connectivity index (χ0v) is 21.7. The van der Waals surface area contributed by atoms with E-state index in [9.17, 15) is 0 Å². The van der Waals surface area contributed by atoms with Gasteiger partial charge in [-0.15, -0.1) is 0 Å². The second-order valence-corrected chi connectivity index (χ2v) is 10.5. The predicted octanol–water partition coefficient (Wildman–Crippen LogP) is 8.99. The van der Waals surface area contributed by atoms with Crippen LogP contribution in [0.15, 0.2) is 42.5 Å². The van der Waals surface area contributed by atoms with Crippen molar-refractivity contribution in [3.63, 3.8) is 0 Å². The maximum absolute atomic E-state index is 6.51. The molecule has 1 saturated heterocycles. The molecule has 1 aliphatic rings. The largest absolute Gasteiger partial charge is 0.492 e. The van der Waals surface area contributed by atoms with Gasteiger partial charge in [-0.1, -0.05) is 87.8 Å². The molecular weight excluding hydrogens is 414 g/mol. The van der Waals surface area contributed by atoms with Crippen molar-refractivity contribution in [2.24, 2.45) is 0 Å². The van der Waals surface area contributed by atoms with Gasteiger partial charge in [0.15, 0.2) is 0 Å². The van der Waals surface area contributed by atoms with E-state index in [0.29, 0.717) is 0 Å². The summed E-state index contributed by atoms with van der Waals surface area (Å²) in [5, 5.41) is 5.13. The van der Waals surface area contributed by atoms with Crippen LogP contribution in [-0.4, -0.2) is 31.1 Å². The molecule has 0 radical (unpaired) electrons. The number of rotatable bonds is 14. The summed E-state index contributed by atoms with van der Waals surface area (Å²) in [6.07, 6.45) is 16.5. The average Bonchev–Trinajstić information content (AvgIpc) is 3.35. The minimum absolute atomic E-state index is 0.813. The Morgan fingerprint density at radius 1 is 0.647 bits per heavy atom. The summed E-state index contributed by atoms with van der Waals surface area (Å²) in [5.41, 5.74) is 2.60. The van der Waals surface area contributed by atoms with Crippen LogP contribution in [0, 0.1) is 13.8 Å². The van der Waals surface area contributed by atoms with Crippen molar-refractivity contribution in [3.8, 4) is 5.75 Å². The summed E-state index contributed by atoms with van der Waals surface area (Å²) in [5.74, 6) is 1.09. The number of aryl methyl sites for hydroxylation is 2. The van der Waals surface area contributed by atoms with E-state index in [2.05, 4.69) is 61.2 Å². The van der Waals surface area contributed by atoms with Crippen molar-refractivity contribution in [2.75, 3.05) is 26.2 Å². The van der Waals surface area contributed by atoms with Gasteiger partial charge in [-0.2, -0.15) is 0 Å². The second-order valence-electron chi connectivity index (χ2n) is 10.5. The number of nitrogens with zero attached hydrogens (tertiary/aromatic N) is 1. The van der Waals surface area contributed by atoms with Crippen molar-refractivity contribution < 1.29 is 4.74 Å². The maximum Gasteiger partial charge on any atom is 0.135 e.